The lowest BCUT2D eigenvalue weighted by atomic mass is 10.1. The van der Waals surface area contributed by atoms with Crippen LogP contribution < -0.4 is 0 Å². The van der Waals surface area contributed by atoms with Gasteiger partial charge >= 0.3 is 6.09 Å². The molecular formula is C10H24NO7+. The molecular weight excluding hydrogens is 246 g/mol. The van der Waals surface area contributed by atoms with Gasteiger partial charge in [0.1, 0.15) is 6.54 Å². The average Bonchev–Trinajstić information content (AvgIpc) is 2.31. The second kappa shape index (κ2) is 10.2. The van der Waals surface area contributed by atoms with Crippen molar-refractivity contribution in [3.8, 4) is 0 Å². The number of rotatable bonds is 6. The van der Waals surface area contributed by atoms with Crippen molar-refractivity contribution in [1.29, 1.82) is 0 Å². The van der Waals surface area contributed by atoms with Crippen LogP contribution in [0.4, 0.5) is 4.79 Å². The Balaban J connectivity index is 0. The molecule has 0 aromatic carbocycles. The first-order valence-corrected chi connectivity index (χ1v) is 5.44. The van der Waals surface area contributed by atoms with Crippen molar-refractivity contribution >= 4 is 6.09 Å². The van der Waals surface area contributed by atoms with Gasteiger partial charge in [-0.25, -0.2) is 4.48 Å². The number of carbonyl (C=O) groups is 1. The molecule has 1 unspecified atom stereocenters. The first-order valence-electron chi connectivity index (χ1n) is 5.44. The fraction of sp³-hybridized carbons (Fsp3) is 0.900. The molecule has 0 aromatic heterocycles. The zero-order valence-corrected chi connectivity index (χ0v) is 10.7. The summed E-state index contributed by atoms with van der Waals surface area (Å²) >= 11 is 0. The van der Waals surface area contributed by atoms with Crippen LogP contribution in [0.25, 0.3) is 0 Å². The van der Waals surface area contributed by atoms with E-state index < -0.39 is 24.7 Å². The van der Waals surface area contributed by atoms with Gasteiger partial charge in [-0.15, -0.1) is 0 Å². The summed E-state index contributed by atoms with van der Waals surface area (Å²) in [5, 5.41) is 50.6. The van der Waals surface area contributed by atoms with E-state index in [1.54, 1.807) is 0 Å². The molecule has 8 heteroatoms. The normalized spacial score (nSPS) is 12.9. The van der Waals surface area contributed by atoms with Gasteiger partial charge in [0.25, 0.3) is 0 Å². The Bertz CT molecular complexity index is 218. The summed E-state index contributed by atoms with van der Waals surface area (Å²) in [5.41, 5.74) is 0. The molecule has 0 radical (unpaired) electrons. The van der Waals surface area contributed by atoms with E-state index in [-0.39, 0.29) is 30.8 Å². The highest BCUT2D eigenvalue weighted by molar-refractivity contribution is 5.56. The Kier molecular flexibility index (Phi) is 11.1. The topological polar surface area (TPSA) is 138 Å². The molecule has 18 heavy (non-hydrogen) atoms. The third-order valence-electron chi connectivity index (χ3n) is 2.38. The van der Waals surface area contributed by atoms with Gasteiger partial charge in [-0.05, 0) is 0 Å². The third-order valence-corrected chi connectivity index (χ3v) is 2.38. The Morgan fingerprint density at radius 2 is 1.50 bits per heavy atom. The smallest absolute Gasteiger partial charge is 0.435 e. The van der Waals surface area contributed by atoms with Gasteiger partial charge in [0.2, 0.25) is 0 Å². The van der Waals surface area contributed by atoms with Crippen LogP contribution >= 0.6 is 0 Å². The SMILES string of the molecule is C[N+](C)(CCO)C(=O)O.OCC(O)C(CO)CO. The molecule has 0 bridgehead atoms. The predicted octanol–water partition coefficient (Wildman–Crippen LogP) is -2.33. The first-order chi connectivity index (χ1) is 8.26. The Labute approximate surface area is 106 Å². The van der Waals surface area contributed by atoms with Gasteiger partial charge in [0.05, 0.1) is 46.6 Å². The van der Waals surface area contributed by atoms with Crippen LogP contribution in [0.2, 0.25) is 0 Å². The van der Waals surface area contributed by atoms with Crippen molar-refractivity contribution in [2.45, 2.75) is 6.10 Å². The zero-order valence-electron chi connectivity index (χ0n) is 10.7. The van der Waals surface area contributed by atoms with Crippen molar-refractivity contribution in [2.75, 3.05) is 47.1 Å². The highest BCUT2D eigenvalue weighted by Gasteiger charge is 2.23. The monoisotopic (exact) mass is 270 g/mol. The molecule has 110 valence electrons. The molecule has 0 rings (SSSR count). The summed E-state index contributed by atoms with van der Waals surface area (Å²) in [5.74, 6) is -0.616. The van der Waals surface area contributed by atoms with E-state index in [4.69, 9.17) is 30.6 Å². The van der Waals surface area contributed by atoms with Crippen molar-refractivity contribution in [1.82, 2.24) is 0 Å². The molecule has 1 atom stereocenters. The molecule has 0 aliphatic carbocycles. The molecule has 0 spiro atoms. The lowest BCUT2D eigenvalue weighted by Gasteiger charge is -2.20. The number of amides is 1. The lowest BCUT2D eigenvalue weighted by Crippen LogP contribution is -2.46. The van der Waals surface area contributed by atoms with Gasteiger partial charge in [-0.1, -0.05) is 0 Å². The molecule has 1 amide bonds. The van der Waals surface area contributed by atoms with E-state index in [0.29, 0.717) is 0 Å². The number of hydrogen-bond acceptors (Lipinski definition) is 6. The second-order valence-corrected chi connectivity index (χ2v) is 4.29. The van der Waals surface area contributed by atoms with Gasteiger partial charge in [-0.3, -0.25) is 0 Å². The minimum Gasteiger partial charge on any atom is -0.435 e. The number of aliphatic hydroxyl groups is 5. The molecule has 8 nitrogen and oxygen atoms in total. The van der Waals surface area contributed by atoms with Crippen molar-refractivity contribution < 1.29 is 39.9 Å². The highest BCUT2D eigenvalue weighted by atomic mass is 16.4. The zero-order chi connectivity index (χ0) is 14.8. The van der Waals surface area contributed by atoms with Gasteiger partial charge in [0, 0.05) is 5.92 Å². The van der Waals surface area contributed by atoms with E-state index in [2.05, 4.69) is 0 Å². The minimum atomic E-state index is -1.01. The maximum atomic E-state index is 10.3. The summed E-state index contributed by atoms with van der Waals surface area (Å²) in [6, 6.07) is 0. The number of hydrogen-bond donors (Lipinski definition) is 6. The van der Waals surface area contributed by atoms with E-state index in [1.165, 1.54) is 14.1 Å². The molecule has 0 aliphatic heterocycles. The van der Waals surface area contributed by atoms with Crippen LogP contribution in [-0.2, 0) is 0 Å². The third kappa shape index (κ3) is 8.34. The van der Waals surface area contributed by atoms with Gasteiger partial charge in [-0.2, -0.15) is 4.79 Å². The van der Waals surface area contributed by atoms with Crippen LogP contribution in [0.15, 0.2) is 0 Å². The Morgan fingerprint density at radius 3 is 1.61 bits per heavy atom. The molecule has 0 saturated carbocycles. The number of aliphatic hydroxyl groups excluding tert-OH is 5. The molecule has 0 aromatic rings. The maximum Gasteiger partial charge on any atom is 0.513 e. The van der Waals surface area contributed by atoms with Crippen LogP contribution in [0.1, 0.15) is 0 Å². The van der Waals surface area contributed by atoms with Crippen LogP contribution in [0.3, 0.4) is 0 Å². The quantitative estimate of drug-likeness (QED) is 0.298. The van der Waals surface area contributed by atoms with Gasteiger partial charge < -0.3 is 30.6 Å². The Morgan fingerprint density at radius 1 is 1.06 bits per heavy atom. The van der Waals surface area contributed by atoms with E-state index in [1.807, 2.05) is 0 Å². The molecule has 0 heterocycles. The molecule has 0 fully saturated rings. The standard InChI is InChI=1S/C5H11NO3.C5H12O4/c1-6(2,3-4-7)5(8)9;6-1-4(2-7)5(9)3-8/h7H,3-4H2,1-2H3;4-9H,1-3H2/p+1. The van der Waals surface area contributed by atoms with E-state index in [0.717, 1.165) is 0 Å². The van der Waals surface area contributed by atoms with Crippen LogP contribution in [0.5, 0.6) is 0 Å². The maximum absolute atomic E-state index is 10.3. The Hall–Kier alpha value is -0.770. The van der Waals surface area contributed by atoms with Gasteiger partial charge in [0.15, 0.2) is 0 Å². The average molecular weight is 270 g/mol. The fourth-order valence-corrected chi connectivity index (χ4v) is 0.796. The first kappa shape index (κ1) is 19.6. The summed E-state index contributed by atoms with van der Waals surface area (Å²) in [6.45, 7) is -0.892. The lowest BCUT2D eigenvalue weighted by molar-refractivity contribution is -0.817. The fourth-order valence-electron chi connectivity index (χ4n) is 0.796. The van der Waals surface area contributed by atoms with E-state index in [9.17, 15) is 4.79 Å². The van der Waals surface area contributed by atoms with Crippen molar-refractivity contribution in [3.05, 3.63) is 0 Å². The summed E-state index contributed by atoms with van der Waals surface area (Å²) in [7, 11) is 3.05. The second-order valence-electron chi connectivity index (χ2n) is 4.29. The number of carboxylic acid groups (broad SMARTS) is 1. The summed E-state index contributed by atoms with van der Waals surface area (Å²) in [6.07, 6.45) is -1.94. The number of quaternary nitrogens is 1. The van der Waals surface area contributed by atoms with Crippen molar-refractivity contribution in [2.24, 2.45) is 5.92 Å². The van der Waals surface area contributed by atoms with Crippen LogP contribution in [-0.4, -0.2) is 94.4 Å². The minimum absolute atomic E-state index is 0.0979. The predicted molar refractivity (Wildman–Crippen MR) is 62.8 cm³/mol. The molecule has 6 N–H and O–H groups in total. The van der Waals surface area contributed by atoms with Crippen LogP contribution in [0, 0.1) is 5.92 Å². The number of likely N-dealkylation sites (N-methyl/N-ethyl adjacent to an activating group) is 1. The summed E-state index contributed by atoms with van der Waals surface area (Å²) in [4.78, 5) is 10.3. The highest BCUT2D eigenvalue weighted by Crippen LogP contribution is 1.99. The van der Waals surface area contributed by atoms with Crippen molar-refractivity contribution in [3.63, 3.8) is 0 Å². The summed E-state index contributed by atoms with van der Waals surface area (Å²) < 4.78 is -0.184. The molecule has 0 aliphatic rings. The number of nitrogens with zero attached hydrogens (tertiary/aromatic N) is 1. The largest absolute Gasteiger partial charge is 0.513 e. The molecule has 0 saturated heterocycles. The van der Waals surface area contributed by atoms with E-state index >= 15 is 0 Å².